The maximum absolute atomic E-state index is 13.3. The van der Waals surface area contributed by atoms with E-state index in [1.54, 1.807) is 18.7 Å². The summed E-state index contributed by atoms with van der Waals surface area (Å²) in [4.78, 5) is 14.0. The van der Waals surface area contributed by atoms with Crippen LogP contribution >= 0.6 is 11.3 Å². The molecule has 0 radical (unpaired) electrons. The van der Waals surface area contributed by atoms with Crippen molar-refractivity contribution >= 4 is 38.7 Å². The summed E-state index contributed by atoms with van der Waals surface area (Å²) in [6, 6.07) is 17.1. The first kappa shape index (κ1) is 20.9. The minimum atomic E-state index is -0.292. The SMILES string of the molecule is CCc1nnc2sc(-c3ccc(OC)c(NC(=O)c4cc5ccccc5cc4OC)c3)nn12. The Kier molecular flexibility index (Phi) is 5.39. The highest BCUT2D eigenvalue weighted by atomic mass is 32.1. The summed E-state index contributed by atoms with van der Waals surface area (Å²) in [5.41, 5.74) is 1.82. The lowest BCUT2D eigenvalue weighted by atomic mass is 10.0. The minimum absolute atomic E-state index is 0.292. The van der Waals surface area contributed by atoms with Crippen LogP contribution < -0.4 is 14.8 Å². The molecule has 0 aliphatic heterocycles. The van der Waals surface area contributed by atoms with Crippen LogP contribution in [0.3, 0.4) is 0 Å². The van der Waals surface area contributed by atoms with Crippen molar-refractivity contribution in [2.24, 2.45) is 0 Å². The fraction of sp³-hybridized carbons (Fsp3) is 0.167. The zero-order valence-corrected chi connectivity index (χ0v) is 19.1. The molecule has 0 saturated carbocycles. The number of hydrogen-bond acceptors (Lipinski definition) is 7. The first-order valence-electron chi connectivity index (χ1n) is 10.4. The van der Waals surface area contributed by atoms with Gasteiger partial charge in [-0.05, 0) is 41.1 Å². The van der Waals surface area contributed by atoms with Gasteiger partial charge in [0, 0.05) is 12.0 Å². The summed E-state index contributed by atoms with van der Waals surface area (Å²) in [6.07, 6.45) is 0.738. The van der Waals surface area contributed by atoms with E-state index in [1.807, 2.05) is 61.5 Å². The second-order valence-electron chi connectivity index (χ2n) is 7.34. The number of anilines is 1. The topological polar surface area (TPSA) is 90.6 Å². The highest BCUT2D eigenvalue weighted by Crippen LogP contribution is 2.34. The maximum Gasteiger partial charge on any atom is 0.259 e. The van der Waals surface area contributed by atoms with Crippen LogP contribution in [0.2, 0.25) is 0 Å². The molecule has 9 heteroatoms. The molecule has 5 aromatic rings. The summed E-state index contributed by atoms with van der Waals surface area (Å²) < 4.78 is 12.7. The smallest absolute Gasteiger partial charge is 0.259 e. The van der Waals surface area contributed by atoms with Gasteiger partial charge in [-0.1, -0.05) is 42.5 Å². The average Bonchev–Trinajstić information content (AvgIpc) is 3.44. The van der Waals surface area contributed by atoms with E-state index in [9.17, 15) is 4.79 Å². The summed E-state index contributed by atoms with van der Waals surface area (Å²) in [6.45, 7) is 2.01. The number of ether oxygens (including phenoxy) is 2. The van der Waals surface area contributed by atoms with Crippen molar-refractivity contribution < 1.29 is 14.3 Å². The predicted octanol–water partition coefficient (Wildman–Crippen LogP) is 4.84. The molecule has 0 unspecified atom stereocenters. The first-order chi connectivity index (χ1) is 16.1. The largest absolute Gasteiger partial charge is 0.496 e. The lowest BCUT2D eigenvalue weighted by Gasteiger charge is -2.14. The summed E-state index contributed by atoms with van der Waals surface area (Å²) in [5.74, 6) is 1.56. The number of amides is 1. The molecule has 0 saturated heterocycles. The summed E-state index contributed by atoms with van der Waals surface area (Å²) >= 11 is 1.44. The van der Waals surface area contributed by atoms with Crippen LogP contribution in [0.4, 0.5) is 5.69 Å². The molecule has 8 nitrogen and oxygen atoms in total. The molecule has 0 spiro atoms. The number of aromatic nitrogens is 4. The number of fused-ring (bicyclic) bond motifs is 2. The fourth-order valence-electron chi connectivity index (χ4n) is 3.69. The van der Waals surface area contributed by atoms with Crippen molar-refractivity contribution in [2.45, 2.75) is 13.3 Å². The van der Waals surface area contributed by atoms with Crippen LogP contribution in [0.5, 0.6) is 11.5 Å². The molecule has 33 heavy (non-hydrogen) atoms. The maximum atomic E-state index is 13.3. The number of rotatable bonds is 6. The molecule has 0 atom stereocenters. The molecule has 0 bridgehead atoms. The number of nitrogens with zero attached hydrogens (tertiary/aromatic N) is 4. The lowest BCUT2D eigenvalue weighted by molar-refractivity contribution is 0.102. The van der Waals surface area contributed by atoms with E-state index in [-0.39, 0.29) is 5.91 Å². The molecule has 3 aromatic carbocycles. The monoisotopic (exact) mass is 459 g/mol. The number of methoxy groups -OCH3 is 2. The Bertz CT molecular complexity index is 1490. The molecule has 1 amide bonds. The molecule has 0 aliphatic rings. The van der Waals surface area contributed by atoms with Crippen molar-refractivity contribution in [1.82, 2.24) is 19.8 Å². The molecule has 1 N–H and O–H groups in total. The Balaban J connectivity index is 1.51. The molecular weight excluding hydrogens is 438 g/mol. The van der Waals surface area contributed by atoms with Crippen LogP contribution in [0.15, 0.2) is 54.6 Å². The number of carbonyl (C=O) groups is 1. The number of benzene rings is 3. The van der Waals surface area contributed by atoms with Crippen molar-refractivity contribution in [2.75, 3.05) is 19.5 Å². The molecule has 2 heterocycles. The second-order valence-corrected chi connectivity index (χ2v) is 8.30. The Labute approximate surface area is 193 Å². The van der Waals surface area contributed by atoms with Crippen LogP contribution in [0.25, 0.3) is 26.3 Å². The third kappa shape index (κ3) is 3.76. The standard InChI is InChI=1S/C24H21N5O3S/c1-4-21-26-27-24-29(21)28-23(33-24)16-9-10-19(31-2)18(12-16)25-22(30)17-11-14-7-5-6-8-15(14)13-20(17)32-3/h5-13H,4H2,1-3H3,(H,25,30). The molecule has 166 valence electrons. The van der Waals surface area contributed by atoms with Gasteiger partial charge in [0.15, 0.2) is 5.82 Å². The zero-order valence-electron chi connectivity index (χ0n) is 18.3. The van der Waals surface area contributed by atoms with Gasteiger partial charge in [0.2, 0.25) is 4.96 Å². The van der Waals surface area contributed by atoms with Crippen LogP contribution in [-0.4, -0.2) is 39.9 Å². The normalized spacial score (nSPS) is 11.1. The molecule has 5 rings (SSSR count). The number of aryl methyl sites for hydroxylation is 1. The van der Waals surface area contributed by atoms with Gasteiger partial charge in [-0.25, -0.2) is 0 Å². The van der Waals surface area contributed by atoms with Gasteiger partial charge < -0.3 is 14.8 Å². The first-order valence-corrected chi connectivity index (χ1v) is 11.2. The van der Waals surface area contributed by atoms with Gasteiger partial charge in [-0.15, -0.1) is 10.2 Å². The Morgan fingerprint density at radius 3 is 2.48 bits per heavy atom. The predicted molar refractivity (Wildman–Crippen MR) is 128 cm³/mol. The van der Waals surface area contributed by atoms with Gasteiger partial charge >= 0.3 is 0 Å². The number of nitrogens with one attached hydrogen (secondary N) is 1. The third-order valence-electron chi connectivity index (χ3n) is 5.38. The van der Waals surface area contributed by atoms with Crippen molar-refractivity contribution in [3.05, 3.63) is 66.0 Å². The van der Waals surface area contributed by atoms with E-state index >= 15 is 0 Å². The summed E-state index contributed by atoms with van der Waals surface area (Å²) in [5, 5.41) is 18.7. The molecule has 0 aliphatic carbocycles. The highest BCUT2D eigenvalue weighted by molar-refractivity contribution is 7.19. The molecule has 0 fully saturated rings. The third-order valence-corrected chi connectivity index (χ3v) is 6.33. The van der Waals surface area contributed by atoms with Gasteiger partial charge in [-0.3, -0.25) is 4.79 Å². The average molecular weight is 460 g/mol. The van der Waals surface area contributed by atoms with Crippen LogP contribution in [0, 0.1) is 0 Å². The lowest BCUT2D eigenvalue weighted by Crippen LogP contribution is -2.14. The Morgan fingerprint density at radius 1 is 1.00 bits per heavy atom. The van der Waals surface area contributed by atoms with E-state index in [0.29, 0.717) is 22.7 Å². The van der Waals surface area contributed by atoms with E-state index in [1.165, 1.54) is 11.3 Å². The van der Waals surface area contributed by atoms with Crippen molar-refractivity contribution in [1.29, 1.82) is 0 Å². The quantitative estimate of drug-likeness (QED) is 0.391. The second kappa shape index (κ2) is 8.51. The van der Waals surface area contributed by atoms with E-state index in [4.69, 9.17) is 9.47 Å². The van der Waals surface area contributed by atoms with Gasteiger partial charge in [0.1, 0.15) is 16.5 Å². The van der Waals surface area contributed by atoms with E-state index in [0.717, 1.165) is 38.5 Å². The van der Waals surface area contributed by atoms with Crippen molar-refractivity contribution in [3.63, 3.8) is 0 Å². The number of hydrogen-bond donors (Lipinski definition) is 1. The molecular formula is C24H21N5O3S. The molecule has 2 aromatic heterocycles. The zero-order chi connectivity index (χ0) is 22.9. The van der Waals surface area contributed by atoms with E-state index < -0.39 is 0 Å². The summed E-state index contributed by atoms with van der Waals surface area (Å²) in [7, 11) is 3.12. The van der Waals surface area contributed by atoms with E-state index in [2.05, 4.69) is 20.6 Å². The van der Waals surface area contributed by atoms with Crippen LogP contribution in [-0.2, 0) is 6.42 Å². The highest BCUT2D eigenvalue weighted by Gasteiger charge is 2.18. The Morgan fingerprint density at radius 2 is 1.76 bits per heavy atom. The van der Waals surface area contributed by atoms with Gasteiger partial charge in [-0.2, -0.15) is 9.61 Å². The Hall–Kier alpha value is -3.98. The fourth-order valence-corrected chi connectivity index (χ4v) is 4.54. The van der Waals surface area contributed by atoms with Gasteiger partial charge in [0.05, 0.1) is 25.5 Å². The number of carbonyl (C=O) groups excluding carboxylic acids is 1. The van der Waals surface area contributed by atoms with Crippen LogP contribution in [0.1, 0.15) is 23.1 Å². The van der Waals surface area contributed by atoms with Crippen molar-refractivity contribution in [3.8, 4) is 22.1 Å². The van der Waals surface area contributed by atoms with Gasteiger partial charge in [0.25, 0.3) is 5.91 Å². The minimum Gasteiger partial charge on any atom is -0.496 e.